The Kier molecular flexibility index (Phi) is 7.63. The first-order valence-electron chi connectivity index (χ1n) is 11.6. The van der Waals surface area contributed by atoms with E-state index in [1.807, 2.05) is 84.9 Å². The van der Waals surface area contributed by atoms with Gasteiger partial charge in [0.05, 0.1) is 12.8 Å². The van der Waals surface area contributed by atoms with Crippen LogP contribution in [0.2, 0.25) is 5.02 Å². The number of ether oxygens (including phenoxy) is 1. The molecular formula is C29H22BrClN4O2. The lowest BCUT2D eigenvalue weighted by molar-refractivity contribution is 0.0949. The first kappa shape index (κ1) is 24.7. The predicted octanol–water partition coefficient (Wildman–Crippen LogP) is 6.84. The molecule has 5 aromatic rings. The van der Waals surface area contributed by atoms with Gasteiger partial charge in [-0.2, -0.15) is 10.2 Å². The maximum Gasteiger partial charge on any atom is 0.291 e. The summed E-state index contributed by atoms with van der Waals surface area (Å²) in [5.74, 6) is 0.270. The van der Waals surface area contributed by atoms with Gasteiger partial charge in [-0.3, -0.25) is 9.48 Å². The van der Waals surface area contributed by atoms with E-state index in [0.717, 1.165) is 31.9 Å². The average Bonchev–Trinajstić information content (AvgIpc) is 3.38. The van der Waals surface area contributed by atoms with Crippen molar-refractivity contribution in [3.05, 3.63) is 129 Å². The van der Waals surface area contributed by atoms with E-state index in [9.17, 15) is 4.79 Å². The highest BCUT2D eigenvalue weighted by molar-refractivity contribution is 9.10. The first-order chi connectivity index (χ1) is 18.0. The van der Waals surface area contributed by atoms with Crippen molar-refractivity contribution in [2.75, 3.05) is 0 Å². The van der Waals surface area contributed by atoms with Crippen LogP contribution in [0.3, 0.4) is 0 Å². The molecule has 0 spiro atoms. The topological polar surface area (TPSA) is 68.5 Å². The van der Waals surface area contributed by atoms with Crippen LogP contribution >= 0.6 is 27.5 Å². The minimum atomic E-state index is -0.400. The predicted molar refractivity (Wildman–Crippen MR) is 150 cm³/mol. The van der Waals surface area contributed by atoms with E-state index in [2.05, 4.69) is 31.6 Å². The molecule has 6 nitrogen and oxygen atoms in total. The molecule has 0 unspecified atom stereocenters. The molecule has 0 saturated heterocycles. The normalized spacial score (nSPS) is 11.2. The molecule has 0 bridgehead atoms. The van der Waals surface area contributed by atoms with Crippen LogP contribution < -0.4 is 10.2 Å². The van der Waals surface area contributed by atoms with Crippen molar-refractivity contribution >= 4 is 50.4 Å². The summed E-state index contributed by atoms with van der Waals surface area (Å²) in [5, 5.41) is 11.3. The van der Waals surface area contributed by atoms with Crippen LogP contribution in [0.1, 0.15) is 27.2 Å². The quantitative estimate of drug-likeness (QED) is 0.163. The molecule has 1 heterocycles. The summed E-state index contributed by atoms with van der Waals surface area (Å²) in [6, 6.07) is 29.0. The monoisotopic (exact) mass is 572 g/mol. The average molecular weight is 574 g/mol. The highest BCUT2D eigenvalue weighted by Crippen LogP contribution is 2.27. The van der Waals surface area contributed by atoms with Gasteiger partial charge in [-0.15, -0.1) is 0 Å². The van der Waals surface area contributed by atoms with E-state index in [4.69, 9.17) is 16.3 Å². The van der Waals surface area contributed by atoms with Crippen molar-refractivity contribution in [2.45, 2.75) is 13.2 Å². The van der Waals surface area contributed by atoms with Gasteiger partial charge in [0, 0.05) is 21.3 Å². The molecule has 0 aliphatic heterocycles. The molecule has 1 amide bonds. The molecule has 0 fully saturated rings. The molecule has 184 valence electrons. The number of nitrogens with one attached hydrogen (secondary N) is 1. The molecular weight excluding hydrogens is 552 g/mol. The van der Waals surface area contributed by atoms with Crippen LogP contribution in [-0.2, 0) is 13.2 Å². The molecule has 5 rings (SSSR count). The molecule has 0 aliphatic carbocycles. The molecule has 1 N–H and O–H groups in total. The highest BCUT2D eigenvalue weighted by Gasteiger charge is 2.11. The lowest BCUT2D eigenvalue weighted by Gasteiger charge is -2.12. The Morgan fingerprint density at radius 3 is 2.68 bits per heavy atom. The number of aromatic nitrogens is 2. The van der Waals surface area contributed by atoms with Crippen LogP contribution in [0.5, 0.6) is 5.75 Å². The molecule has 37 heavy (non-hydrogen) atoms. The number of benzene rings is 4. The third-order valence-electron chi connectivity index (χ3n) is 5.70. The number of hydrogen-bond donors (Lipinski definition) is 1. The fraction of sp³-hybridized carbons (Fsp3) is 0.0690. The largest absolute Gasteiger partial charge is 0.488 e. The third-order valence-corrected chi connectivity index (χ3v) is 6.45. The standard InChI is InChI=1S/C29H22BrClN4O2/c30-23-6-3-4-21(16-23)19-37-28-13-10-22-5-1-2-7-25(22)26(28)17-32-33-29(36)27-14-15-35(34-27)18-20-8-11-24(31)12-9-20/h1-17H,18-19H2,(H,33,36). The zero-order valence-electron chi connectivity index (χ0n) is 19.6. The zero-order valence-corrected chi connectivity index (χ0v) is 22.0. The molecule has 8 heteroatoms. The van der Waals surface area contributed by atoms with E-state index < -0.39 is 5.91 Å². The Labute approximate surface area is 227 Å². The second kappa shape index (κ2) is 11.4. The van der Waals surface area contributed by atoms with Gasteiger partial charge in [-0.1, -0.05) is 82.1 Å². The van der Waals surface area contributed by atoms with Crippen molar-refractivity contribution in [3.8, 4) is 5.75 Å². The number of amides is 1. The molecule has 0 radical (unpaired) electrons. The van der Waals surface area contributed by atoms with Crippen molar-refractivity contribution in [1.29, 1.82) is 0 Å². The molecule has 4 aromatic carbocycles. The van der Waals surface area contributed by atoms with Gasteiger partial charge in [0.25, 0.3) is 5.91 Å². The van der Waals surface area contributed by atoms with Crippen molar-refractivity contribution < 1.29 is 9.53 Å². The Hall–Kier alpha value is -3.94. The zero-order chi connectivity index (χ0) is 25.6. The van der Waals surface area contributed by atoms with Gasteiger partial charge in [-0.25, -0.2) is 5.43 Å². The van der Waals surface area contributed by atoms with E-state index in [1.54, 1.807) is 23.2 Å². The Morgan fingerprint density at radius 1 is 1.00 bits per heavy atom. The van der Waals surface area contributed by atoms with Gasteiger partial charge in [0.2, 0.25) is 0 Å². The minimum absolute atomic E-state index is 0.273. The number of halogens is 2. The second-order valence-electron chi connectivity index (χ2n) is 8.34. The summed E-state index contributed by atoms with van der Waals surface area (Å²) < 4.78 is 8.83. The van der Waals surface area contributed by atoms with Crippen LogP contribution in [-0.4, -0.2) is 21.9 Å². The fourth-order valence-corrected chi connectivity index (χ4v) is 4.46. The lowest BCUT2D eigenvalue weighted by Crippen LogP contribution is -2.18. The van der Waals surface area contributed by atoms with Crippen LogP contribution in [0.15, 0.2) is 107 Å². The first-order valence-corrected chi connectivity index (χ1v) is 12.7. The summed E-state index contributed by atoms with van der Waals surface area (Å²) in [6.45, 7) is 0.929. The summed E-state index contributed by atoms with van der Waals surface area (Å²) in [5.41, 5.74) is 5.70. The summed E-state index contributed by atoms with van der Waals surface area (Å²) in [4.78, 5) is 12.7. The van der Waals surface area contributed by atoms with Crippen molar-refractivity contribution in [3.63, 3.8) is 0 Å². The van der Waals surface area contributed by atoms with Gasteiger partial charge >= 0.3 is 0 Å². The lowest BCUT2D eigenvalue weighted by atomic mass is 10.0. The van der Waals surface area contributed by atoms with Gasteiger partial charge in [0.15, 0.2) is 5.69 Å². The second-order valence-corrected chi connectivity index (χ2v) is 9.69. The van der Waals surface area contributed by atoms with E-state index >= 15 is 0 Å². The summed E-state index contributed by atoms with van der Waals surface area (Å²) in [6.07, 6.45) is 3.37. The molecule has 1 aromatic heterocycles. The molecule has 0 saturated carbocycles. The number of nitrogens with zero attached hydrogens (tertiary/aromatic N) is 3. The summed E-state index contributed by atoms with van der Waals surface area (Å²) >= 11 is 9.44. The van der Waals surface area contributed by atoms with E-state index in [-0.39, 0.29) is 5.69 Å². The summed E-state index contributed by atoms with van der Waals surface area (Å²) in [7, 11) is 0. The van der Waals surface area contributed by atoms with Crippen molar-refractivity contribution in [2.24, 2.45) is 5.10 Å². The van der Waals surface area contributed by atoms with Crippen LogP contribution in [0.4, 0.5) is 0 Å². The number of fused-ring (bicyclic) bond motifs is 1. The van der Waals surface area contributed by atoms with Crippen LogP contribution in [0, 0.1) is 0 Å². The van der Waals surface area contributed by atoms with Gasteiger partial charge in [0.1, 0.15) is 12.4 Å². The number of carbonyl (C=O) groups is 1. The fourth-order valence-electron chi connectivity index (χ4n) is 3.88. The Balaban J connectivity index is 1.31. The van der Waals surface area contributed by atoms with Gasteiger partial charge in [-0.05, 0) is 58.3 Å². The maximum atomic E-state index is 12.7. The van der Waals surface area contributed by atoms with Crippen molar-refractivity contribution in [1.82, 2.24) is 15.2 Å². The Morgan fingerprint density at radius 2 is 1.84 bits per heavy atom. The Bertz CT molecular complexity index is 1580. The smallest absolute Gasteiger partial charge is 0.291 e. The number of hydrazone groups is 1. The third kappa shape index (κ3) is 6.25. The van der Waals surface area contributed by atoms with Gasteiger partial charge < -0.3 is 4.74 Å². The number of carbonyl (C=O) groups excluding carboxylic acids is 1. The van der Waals surface area contributed by atoms with Crippen LogP contribution in [0.25, 0.3) is 10.8 Å². The SMILES string of the molecule is O=C(NN=Cc1c(OCc2cccc(Br)c2)ccc2ccccc12)c1ccn(Cc2ccc(Cl)cc2)n1. The maximum absolute atomic E-state index is 12.7. The molecule has 0 aliphatic rings. The van der Waals surface area contributed by atoms with E-state index in [1.165, 1.54) is 0 Å². The number of hydrogen-bond acceptors (Lipinski definition) is 4. The van der Waals surface area contributed by atoms with E-state index in [0.29, 0.717) is 23.9 Å². The number of rotatable bonds is 8. The molecule has 0 atom stereocenters. The highest BCUT2D eigenvalue weighted by atomic mass is 79.9. The minimum Gasteiger partial charge on any atom is -0.488 e.